The molecular formula is C13H19N3S. The van der Waals surface area contributed by atoms with Crippen LogP contribution in [0.5, 0.6) is 0 Å². The van der Waals surface area contributed by atoms with Gasteiger partial charge in [-0.3, -0.25) is 0 Å². The fourth-order valence-electron chi connectivity index (χ4n) is 2.39. The average molecular weight is 249 g/mol. The first kappa shape index (κ1) is 12.5. The number of hydrogen-bond acceptors (Lipinski definition) is 4. The maximum Gasteiger partial charge on any atom is 0.0974 e. The van der Waals surface area contributed by atoms with E-state index in [0.717, 1.165) is 18.7 Å². The molecule has 1 fully saturated rings. The van der Waals surface area contributed by atoms with Crippen LogP contribution in [0.3, 0.4) is 0 Å². The molecule has 1 aliphatic rings. The Hall–Kier alpha value is -0.920. The third-order valence-corrected chi connectivity index (χ3v) is 4.73. The number of aryl methyl sites for hydroxylation is 2. The Bertz CT molecular complexity index is 419. The van der Waals surface area contributed by atoms with Crippen LogP contribution in [0.15, 0.2) is 0 Å². The summed E-state index contributed by atoms with van der Waals surface area (Å²) < 4.78 is 0. The summed E-state index contributed by atoms with van der Waals surface area (Å²) in [6, 6.07) is 2.21. The fraction of sp³-hybridized carbons (Fsp3) is 0.692. The molecule has 0 aromatic carbocycles. The second kappa shape index (κ2) is 5.61. The van der Waals surface area contributed by atoms with E-state index in [1.54, 1.807) is 0 Å². The van der Waals surface area contributed by atoms with Crippen molar-refractivity contribution in [1.82, 2.24) is 9.88 Å². The predicted molar refractivity (Wildman–Crippen MR) is 70.3 cm³/mol. The number of nitriles is 1. The number of likely N-dealkylation sites (N-methyl/N-ethyl adjacent to an activating group) is 1. The SMILES string of the molecule is Cc1nc(C2CCCN(C)C2)sc1CCC#N. The van der Waals surface area contributed by atoms with E-state index < -0.39 is 0 Å². The quantitative estimate of drug-likeness (QED) is 0.827. The summed E-state index contributed by atoms with van der Waals surface area (Å²) >= 11 is 1.82. The molecule has 1 atom stereocenters. The van der Waals surface area contributed by atoms with Crippen LogP contribution in [0, 0.1) is 18.3 Å². The number of aromatic nitrogens is 1. The molecule has 0 amide bonds. The van der Waals surface area contributed by atoms with Gasteiger partial charge in [0.2, 0.25) is 0 Å². The molecule has 0 aliphatic carbocycles. The van der Waals surface area contributed by atoms with E-state index in [1.807, 2.05) is 11.3 Å². The Kier molecular flexibility index (Phi) is 4.14. The van der Waals surface area contributed by atoms with Crippen LogP contribution >= 0.6 is 11.3 Å². The van der Waals surface area contributed by atoms with Crippen LogP contribution in [-0.2, 0) is 6.42 Å². The van der Waals surface area contributed by atoms with Gasteiger partial charge in [0, 0.05) is 23.8 Å². The van der Waals surface area contributed by atoms with Crippen molar-refractivity contribution < 1.29 is 0 Å². The molecule has 4 heteroatoms. The third kappa shape index (κ3) is 3.05. The summed E-state index contributed by atoms with van der Waals surface area (Å²) in [4.78, 5) is 8.39. The molecule has 0 saturated carbocycles. The van der Waals surface area contributed by atoms with Crippen molar-refractivity contribution in [2.24, 2.45) is 0 Å². The van der Waals surface area contributed by atoms with Crippen LogP contribution in [0.2, 0.25) is 0 Å². The molecular weight excluding hydrogens is 230 g/mol. The fourth-order valence-corrected chi connectivity index (χ4v) is 3.59. The van der Waals surface area contributed by atoms with Gasteiger partial charge < -0.3 is 4.90 Å². The number of thiazole rings is 1. The zero-order chi connectivity index (χ0) is 12.3. The van der Waals surface area contributed by atoms with Crippen molar-refractivity contribution in [2.45, 2.75) is 38.5 Å². The lowest BCUT2D eigenvalue weighted by molar-refractivity contribution is 0.250. The molecule has 1 unspecified atom stereocenters. The minimum Gasteiger partial charge on any atom is -0.306 e. The normalized spacial score (nSPS) is 21.4. The molecule has 17 heavy (non-hydrogen) atoms. The Morgan fingerprint density at radius 2 is 2.41 bits per heavy atom. The summed E-state index contributed by atoms with van der Waals surface area (Å²) in [6.45, 7) is 4.41. The van der Waals surface area contributed by atoms with E-state index in [-0.39, 0.29) is 0 Å². The van der Waals surface area contributed by atoms with Gasteiger partial charge in [-0.1, -0.05) is 0 Å². The Morgan fingerprint density at radius 3 is 3.12 bits per heavy atom. The number of hydrogen-bond donors (Lipinski definition) is 0. The second-order valence-corrected chi connectivity index (χ2v) is 5.94. The molecule has 0 spiro atoms. The van der Waals surface area contributed by atoms with Gasteiger partial charge in [-0.25, -0.2) is 4.98 Å². The smallest absolute Gasteiger partial charge is 0.0974 e. The first-order valence-electron chi connectivity index (χ1n) is 6.22. The van der Waals surface area contributed by atoms with Crippen LogP contribution in [-0.4, -0.2) is 30.0 Å². The van der Waals surface area contributed by atoms with E-state index >= 15 is 0 Å². The summed E-state index contributed by atoms with van der Waals surface area (Å²) in [6.07, 6.45) is 4.00. The lowest BCUT2D eigenvalue weighted by Gasteiger charge is -2.28. The van der Waals surface area contributed by atoms with E-state index in [4.69, 9.17) is 10.2 Å². The topological polar surface area (TPSA) is 39.9 Å². The number of piperidine rings is 1. The standard InChI is InChI=1S/C13H19N3S/c1-10-12(6-3-7-14)17-13(15-10)11-5-4-8-16(2)9-11/h11H,3-6,8-9H2,1-2H3. The van der Waals surface area contributed by atoms with Gasteiger partial charge in [-0.05, 0) is 39.8 Å². The van der Waals surface area contributed by atoms with E-state index in [1.165, 1.54) is 29.3 Å². The summed E-state index contributed by atoms with van der Waals surface area (Å²) in [7, 11) is 2.18. The first-order valence-corrected chi connectivity index (χ1v) is 7.04. The van der Waals surface area contributed by atoms with Gasteiger partial charge >= 0.3 is 0 Å². The molecule has 1 aromatic heterocycles. The van der Waals surface area contributed by atoms with Gasteiger partial charge in [-0.15, -0.1) is 11.3 Å². The number of likely N-dealkylation sites (tertiary alicyclic amines) is 1. The zero-order valence-corrected chi connectivity index (χ0v) is 11.4. The van der Waals surface area contributed by atoms with Crippen molar-refractivity contribution in [2.75, 3.05) is 20.1 Å². The van der Waals surface area contributed by atoms with Crippen LogP contribution in [0.4, 0.5) is 0 Å². The highest BCUT2D eigenvalue weighted by molar-refractivity contribution is 7.11. The molecule has 1 aliphatic heterocycles. The Labute approximate surface area is 107 Å². The first-order chi connectivity index (χ1) is 8.20. The Balaban J connectivity index is 2.08. The summed E-state index contributed by atoms with van der Waals surface area (Å²) in [5, 5.41) is 9.92. The molecule has 3 nitrogen and oxygen atoms in total. The molecule has 0 N–H and O–H groups in total. The molecule has 0 bridgehead atoms. The zero-order valence-electron chi connectivity index (χ0n) is 10.6. The molecule has 92 valence electrons. The summed E-state index contributed by atoms with van der Waals surface area (Å²) in [5.74, 6) is 0.605. The van der Waals surface area contributed by atoms with Gasteiger partial charge in [0.05, 0.1) is 16.8 Å². The highest BCUT2D eigenvalue weighted by atomic mass is 32.1. The summed E-state index contributed by atoms with van der Waals surface area (Å²) in [5.41, 5.74) is 1.13. The molecule has 2 heterocycles. The van der Waals surface area contributed by atoms with Gasteiger partial charge in [0.15, 0.2) is 0 Å². The van der Waals surface area contributed by atoms with Crippen molar-refractivity contribution in [1.29, 1.82) is 5.26 Å². The van der Waals surface area contributed by atoms with Crippen LogP contribution < -0.4 is 0 Å². The minimum atomic E-state index is 0.604. The van der Waals surface area contributed by atoms with Crippen molar-refractivity contribution in [3.8, 4) is 6.07 Å². The predicted octanol–water partition coefficient (Wildman–Crippen LogP) is 2.72. The third-order valence-electron chi connectivity index (χ3n) is 3.35. The molecule has 2 rings (SSSR count). The molecule has 1 saturated heterocycles. The van der Waals surface area contributed by atoms with E-state index in [0.29, 0.717) is 12.3 Å². The monoisotopic (exact) mass is 249 g/mol. The van der Waals surface area contributed by atoms with Gasteiger partial charge in [0.25, 0.3) is 0 Å². The number of rotatable bonds is 3. The Morgan fingerprint density at radius 1 is 1.59 bits per heavy atom. The highest BCUT2D eigenvalue weighted by Crippen LogP contribution is 2.31. The maximum atomic E-state index is 8.64. The minimum absolute atomic E-state index is 0.604. The van der Waals surface area contributed by atoms with E-state index in [9.17, 15) is 0 Å². The number of nitrogens with zero attached hydrogens (tertiary/aromatic N) is 3. The van der Waals surface area contributed by atoms with Crippen molar-refractivity contribution in [3.63, 3.8) is 0 Å². The van der Waals surface area contributed by atoms with Gasteiger partial charge in [-0.2, -0.15) is 5.26 Å². The van der Waals surface area contributed by atoms with Crippen LogP contribution in [0.25, 0.3) is 0 Å². The molecule has 0 radical (unpaired) electrons. The lowest BCUT2D eigenvalue weighted by atomic mass is 9.99. The maximum absolute atomic E-state index is 8.64. The largest absolute Gasteiger partial charge is 0.306 e. The van der Waals surface area contributed by atoms with Gasteiger partial charge in [0.1, 0.15) is 0 Å². The highest BCUT2D eigenvalue weighted by Gasteiger charge is 2.22. The second-order valence-electron chi connectivity index (χ2n) is 4.82. The molecule has 1 aromatic rings. The van der Waals surface area contributed by atoms with Crippen molar-refractivity contribution >= 4 is 11.3 Å². The van der Waals surface area contributed by atoms with E-state index in [2.05, 4.69) is 24.9 Å². The average Bonchev–Trinajstić information content (AvgIpc) is 2.68. The lowest BCUT2D eigenvalue weighted by Crippen LogP contribution is -2.30. The van der Waals surface area contributed by atoms with Crippen LogP contribution in [0.1, 0.15) is 40.8 Å². The van der Waals surface area contributed by atoms with Crippen molar-refractivity contribution in [3.05, 3.63) is 15.6 Å².